The predicted molar refractivity (Wildman–Crippen MR) is 86.4 cm³/mol. The van der Waals surface area contributed by atoms with Gasteiger partial charge in [0.25, 0.3) is 0 Å². The van der Waals surface area contributed by atoms with Gasteiger partial charge in [-0.15, -0.1) is 0 Å². The molecule has 0 amide bonds. The number of hydrogen-bond donors (Lipinski definition) is 0. The van der Waals surface area contributed by atoms with E-state index in [1.54, 1.807) is 20.8 Å². The standard InChI is InChI=1S/C19H22O6/c1-8(2)16(21)23-12-7-18(5)19(25-18)6-11(20)9(3)14(19)15-13(12)10(4)17(22)24-15/h8,12-13,15H,4,6-7H2,1-3,5H3/t12-,13-,15+,18-,19+/m1/s1. The second-order valence-corrected chi connectivity index (χ2v) is 8.01. The molecule has 6 nitrogen and oxygen atoms in total. The predicted octanol–water partition coefficient (Wildman–Crippen LogP) is 1.87. The molecule has 6 heteroatoms. The summed E-state index contributed by atoms with van der Waals surface area (Å²) in [6, 6.07) is 0. The van der Waals surface area contributed by atoms with Crippen LogP contribution in [0.2, 0.25) is 0 Å². The van der Waals surface area contributed by atoms with Crippen molar-refractivity contribution in [2.24, 2.45) is 11.8 Å². The number of epoxide rings is 1. The molecule has 0 bridgehead atoms. The number of rotatable bonds is 2. The molecule has 2 saturated heterocycles. The quantitative estimate of drug-likeness (QED) is 0.431. The lowest BCUT2D eigenvalue weighted by molar-refractivity contribution is -0.157. The summed E-state index contributed by atoms with van der Waals surface area (Å²) in [5.74, 6) is -1.57. The van der Waals surface area contributed by atoms with Crippen molar-refractivity contribution in [3.8, 4) is 0 Å². The van der Waals surface area contributed by atoms with Crippen LogP contribution in [0.4, 0.5) is 0 Å². The molecule has 0 N–H and O–H groups in total. The molecule has 0 radical (unpaired) electrons. The zero-order chi connectivity index (χ0) is 18.3. The number of ether oxygens (including phenoxy) is 3. The lowest BCUT2D eigenvalue weighted by atomic mass is 9.85. The molecule has 2 aliphatic carbocycles. The number of ketones is 1. The fourth-order valence-electron chi connectivity index (χ4n) is 4.63. The number of Topliss-reactive ketones (excluding diaryl/α,β-unsaturated/α-hetero) is 1. The molecule has 1 saturated carbocycles. The van der Waals surface area contributed by atoms with Crippen LogP contribution >= 0.6 is 0 Å². The Morgan fingerprint density at radius 1 is 1.36 bits per heavy atom. The van der Waals surface area contributed by atoms with Gasteiger partial charge in [-0.25, -0.2) is 4.79 Å². The van der Waals surface area contributed by atoms with Crippen molar-refractivity contribution in [1.82, 2.24) is 0 Å². The molecule has 134 valence electrons. The summed E-state index contributed by atoms with van der Waals surface area (Å²) in [5.41, 5.74) is 0.291. The first-order valence-electron chi connectivity index (χ1n) is 8.66. The molecule has 3 fully saturated rings. The second kappa shape index (κ2) is 4.81. The van der Waals surface area contributed by atoms with Crippen molar-refractivity contribution in [2.75, 3.05) is 0 Å². The van der Waals surface area contributed by atoms with Crippen LogP contribution in [0.5, 0.6) is 0 Å². The van der Waals surface area contributed by atoms with Gasteiger partial charge in [0.2, 0.25) is 0 Å². The molecule has 2 heterocycles. The van der Waals surface area contributed by atoms with Gasteiger partial charge in [0.15, 0.2) is 5.78 Å². The highest BCUT2D eigenvalue weighted by Crippen LogP contribution is 2.66. The summed E-state index contributed by atoms with van der Waals surface area (Å²) in [7, 11) is 0. The minimum atomic E-state index is -0.735. The topological polar surface area (TPSA) is 82.2 Å². The normalized spacial score (nSPS) is 42.0. The number of carbonyl (C=O) groups is 3. The largest absolute Gasteiger partial charge is 0.461 e. The molecule has 0 aromatic rings. The Morgan fingerprint density at radius 2 is 2.04 bits per heavy atom. The van der Waals surface area contributed by atoms with Gasteiger partial charge in [0.1, 0.15) is 23.4 Å². The monoisotopic (exact) mass is 346 g/mol. The molecule has 4 aliphatic rings. The molecule has 0 unspecified atom stereocenters. The van der Waals surface area contributed by atoms with Crippen molar-refractivity contribution in [2.45, 2.75) is 63.9 Å². The van der Waals surface area contributed by atoms with Gasteiger partial charge >= 0.3 is 11.9 Å². The average Bonchev–Trinajstić information content (AvgIpc) is 2.86. The van der Waals surface area contributed by atoms with Gasteiger partial charge < -0.3 is 14.2 Å². The van der Waals surface area contributed by atoms with Crippen LogP contribution < -0.4 is 0 Å². The number of carbonyl (C=O) groups excluding carboxylic acids is 3. The van der Waals surface area contributed by atoms with E-state index in [2.05, 4.69) is 6.58 Å². The maximum atomic E-state index is 12.3. The zero-order valence-corrected chi connectivity index (χ0v) is 14.9. The van der Waals surface area contributed by atoms with Crippen molar-refractivity contribution in [3.63, 3.8) is 0 Å². The summed E-state index contributed by atoms with van der Waals surface area (Å²) in [4.78, 5) is 36.7. The van der Waals surface area contributed by atoms with E-state index in [1.165, 1.54) is 0 Å². The lowest BCUT2D eigenvalue weighted by Crippen LogP contribution is -2.36. The Hall–Kier alpha value is -1.95. The van der Waals surface area contributed by atoms with E-state index in [0.29, 0.717) is 17.6 Å². The molecule has 2 aliphatic heterocycles. The Bertz CT molecular complexity index is 762. The molecular formula is C19H22O6. The van der Waals surface area contributed by atoms with Crippen molar-refractivity contribution < 1.29 is 28.6 Å². The van der Waals surface area contributed by atoms with Crippen molar-refractivity contribution >= 4 is 17.7 Å². The van der Waals surface area contributed by atoms with Crippen LogP contribution in [0.1, 0.15) is 40.5 Å². The summed E-state index contributed by atoms with van der Waals surface area (Å²) in [5, 5.41) is 0. The summed E-state index contributed by atoms with van der Waals surface area (Å²) in [6.07, 6.45) is -0.556. The minimum absolute atomic E-state index is 0.0173. The highest BCUT2D eigenvalue weighted by molar-refractivity contribution is 6.02. The summed E-state index contributed by atoms with van der Waals surface area (Å²) in [6.45, 7) is 11.1. The number of fused-ring (bicyclic) bond motifs is 2. The van der Waals surface area contributed by atoms with Gasteiger partial charge in [-0.3, -0.25) is 9.59 Å². The fourth-order valence-corrected chi connectivity index (χ4v) is 4.63. The number of esters is 2. The first-order valence-corrected chi connectivity index (χ1v) is 8.66. The van der Waals surface area contributed by atoms with E-state index < -0.39 is 35.3 Å². The smallest absolute Gasteiger partial charge is 0.334 e. The number of hydrogen-bond acceptors (Lipinski definition) is 6. The zero-order valence-electron chi connectivity index (χ0n) is 14.9. The fraction of sp³-hybridized carbons (Fsp3) is 0.632. The van der Waals surface area contributed by atoms with E-state index in [4.69, 9.17) is 14.2 Å². The third-order valence-corrected chi connectivity index (χ3v) is 6.12. The summed E-state index contributed by atoms with van der Waals surface area (Å²) >= 11 is 0. The van der Waals surface area contributed by atoms with Crippen molar-refractivity contribution in [3.05, 3.63) is 23.3 Å². The summed E-state index contributed by atoms with van der Waals surface area (Å²) < 4.78 is 17.4. The van der Waals surface area contributed by atoms with E-state index in [1.807, 2.05) is 6.92 Å². The maximum Gasteiger partial charge on any atom is 0.334 e. The first-order chi connectivity index (χ1) is 11.6. The van der Waals surface area contributed by atoms with Crippen LogP contribution in [0.3, 0.4) is 0 Å². The van der Waals surface area contributed by atoms with Gasteiger partial charge in [-0.2, -0.15) is 0 Å². The highest BCUT2D eigenvalue weighted by Gasteiger charge is 2.77. The maximum absolute atomic E-state index is 12.3. The molecule has 1 spiro atoms. The molecule has 5 atom stereocenters. The van der Waals surface area contributed by atoms with Crippen LogP contribution in [-0.4, -0.2) is 41.1 Å². The molecule has 25 heavy (non-hydrogen) atoms. The van der Waals surface area contributed by atoms with E-state index in [-0.39, 0.29) is 24.1 Å². The first kappa shape index (κ1) is 16.5. The third kappa shape index (κ3) is 1.97. The van der Waals surface area contributed by atoms with Crippen LogP contribution in [-0.2, 0) is 28.6 Å². The number of allylic oxidation sites excluding steroid dienone is 1. The lowest BCUT2D eigenvalue weighted by Gasteiger charge is -2.27. The Kier molecular flexibility index (Phi) is 3.18. The van der Waals surface area contributed by atoms with Crippen LogP contribution in [0.15, 0.2) is 23.3 Å². The Labute approximate surface area is 146 Å². The van der Waals surface area contributed by atoms with Crippen molar-refractivity contribution in [1.29, 1.82) is 0 Å². The highest BCUT2D eigenvalue weighted by atomic mass is 16.6. The SMILES string of the molecule is C=C1C(=O)O[C@@H]2C3=C(C)C(=O)C[C@]34O[C@]4(C)C[C@@H](OC(=O)C(C)C)[C@@H]12. The molecule has 4 rings (SSSR count). The second-order valence-electron chi connectivity index (χ2n) is 8.01. The van der Waals surface area contributed by atoms with Gasteiger partial charge in [-0.05, 0) is 19.4 Å². The van der Waals surface area contributed by atoms with Gasteiger partial charge in [-0.1, -0.05) is 20.4 Å². The van der Waals surface area contributed by atoms with Gasteiger partial charge in [0, 0.05) is 24.0 Å². The van der Waals surface area contributed by atoms with E-state index in [9.17, 15) is 14.4 Å². The van der Waals surface area contributed by atoms with E-state index >= 15 is 0 Å². The third-order valence-electron chi connectivity index (χ3n) is 6.12. The van der Waals surface area contributed by atoms with Gasteiger partial charge in [0.05, 0.1) is 11.8 Å². The molecular weight excluding hydrogens is 324 g/mol. The molecule has 0 aromatic carbocycles. The van der Waals surface area contributed by atoms with Crippen LogP contribution in [0.25, 0.3) is 0 Å². The Balaban J connectivity index is 1.81. The van der Waals surface area contributed by atoms with Crippen LogP contribution in [0, 0.1) is 11.8 Å². The minimum Gasteiger partial charge on any atom is -0.461 e. The molecule has 0 aromatic heterocycles. The van der Waals surface area contributed by atoms with E-state index in [0.717, 1.165) is 5.57 Å². The Morgan fingerprint density at radius 3 is 2.68 bits per heavy atom. The average molecular weight is 346 g/mol.